The monoisotopic (exact) mass is 516 g/mol. The summed E-state index contributed by atoms with van der Waals surface area (Å²) in [6, 6.07) is 48.7. The first kappa shape index (κ1) is 24.2. The lowest BCUT2D eigenvalue weighted by Crippen LogP contribution is -2.28. The van der Waals surface area contributed by atoms with Gasteiger partial charge in [-0.1, -0.05) is 102 Å². The summed E-state index contributed by atoms with van der Waals surface area (Å²) in [5.41, 5.74) is 12.6. The first-order valence-electron chi connectivity index (χ1n) is 14.0. The molecule has 1 unspecified atom stereocenters. The summed E-state index contributed by atoms with van der Waals surface area (Å²) < 4.78 is 0. The van der Waals surface area contributed by atoms with E-state index in [4.69, 9.17) is 0 Å². The van der Waals surface area contributed by atoms with Crippen LogP contribution in [0.3, 0.4) is 0 Å². The molecule has 0 amide bonds. The third kappa shape index (κ3) is 4.32. The number of hydrogen-bond donors (Lipinski definition) is 1. The first-order chi connectivity index (χ1) is 19.7. The Kier molecular flexibility index (Phi) is 6.09. The van der Waals surface area contributed by atoms with E-state index in [2.05, 4.69) is 158 Å². The maximum absolute atomic E-state index is 3.74. The van der Waals surface area contributed by atoms with E-state index in [0.29, 0.717) is 0 Å². The standard InChI is InChI=1S/C38H32N2/c1-26-16-20-28(21-17-26)39-37-24-35-32-13-7-9-15-34(32)38(25-36(35)31-12-6-8-14-33(31)37)40(29-10-4-3-5-11-29)30-22-18-27(2)19-23-30/h3-24,38-39H,25H2,1-2H3. The van der Waals surface area contributed by atoms with Crippen molar-refractivity contribution in [1.29, 1.82) is 0 Å². The van der Waals surface area contributed by atoms with Gasteiger partial charge in [-0.2, -0.15) is 0 Å². The van der Waals surface area contributed by atoms with Crippen molar-refractivity contribution in [3.63, 3.8) is 0 Å². The van der Waals surface area contributed by atoms with E-state index in [1.54, 1.807) is 0 Å². The van der Waals surface area contributed by atoms with Gasteiger partial charge in [0.2, 0.25) is 0 Å². The Labute approximate surface area is 236 Å². The number of para-hydroxylation sites is 1. The second kappa shape index (κ2) is 10.1. The molecule has 0 saturated heterocycles. The van der Waals surface area contributed by atoms with Crippen LogP contribution in [0.1, 0.15) is 28.3 Å². The maximum Gasteiger partial charge on any atom is 0.0638 e. The van der Waals surface area contributed by atoms with E-state index >= 15 is 0 Å². The number of rotatable bonds is 5. The van der Waals surface area contributed by atoms with Gasteiger partial charge in [0, 0.05) is 28.1 Å². The third-order valence-corrected chi connectivity index (χ3v) is 8.15. The van der Waals surface area contributed by atoms with Crippen LogP contribution < -0.4 is 10.2 Å². The predicted octanol–water partition coefficient (Wildman–Crippen LogP) is 10.3. The largest absolute Gasteiger partial charge is 0.355 e. The highest BCUT2D eigenvalue weighted by atomic mass is 15.2. The van der Waals surface area contributed by atoms with Crippen molar-refractivity contribution in [2.24, 2.45) is 0 Å². The molecular weight excluding hydrogens is 484 g/mol. The fourth-order valence-corrected chi connectivity index (χ4v) is 6.16. The molecule has 0 spiro atoms. The van der Waals surface area contributed by atoms with E-state index in [0.717, 1.165) is 17.8 Å². The number of benzene rings is 6. The molecule has 0 aliphatic heterocycles. The van der Waals surface area contributed by atoms with E-state index in [-0.39, 0.29) is 6.04 Å². The predicted molar refractivity (Wildman–Crippen MR) is 170 cm³/mol. The molecule has 0 fully saturated rings. The molecule has 6 aromatic carbocycles. The van der Waals surface area contributed by atoms with E-state index in [9.17, 15) is 0 Å². The van der Waals surface area contributed by atoms with Gasteiger partial charge >= 0.3 is 0 Å². The summed E-state index contributed by atoms with van der Waals surface area (Å²) in [5.74, 6) is 0. The molecule has 0 bridgehead atoms. The van der Waals surface area contributed by atoms with Gasteiger partial charge in [0.15, 0.2) is 0 Å². The number of anilines is 4. The lowest BCUT2D eigenvalue weighted by Gasteiger charge is -2.39. The molecule has 2 heteroatoms. The molecule has 0 heterocycles. The lowest BCUT2D eigenvalue weighted by atomic mass is 9.79. The van der Waals surface area contributed by atoms with Gasteiger partial charge in [-0.15, -0.1) is 0 Å². The smallest absolute Gasteiger partial charge is 0.0638 e. The van der Waals surface area contributed by atoms with Crippen molar-refractivity contribution in [3.8, 4) is 11.1 Å². The molecule has 0 aromatic heterocycles. The topological polar surface area (TPSA) is 15.3 Å². The summed E-state index contributed by atoms with van der Waals surface area (Å²) in [6.45, 7) is 4.28. The van der Waals surface area contributed by atoms with Crippen molar-refractivity contribution in [1.82, 2.24) is 0 Å². The quantitative estimate of drug-likeness (QED) is 0.245. The van der Waals surface area contributed by atoms with Gasteiger partial charge in [-0.25, -0.2) is 0 Å². The number of nitrogens with one attached hydrogen (secondary N) is 1. The van der Waals surface area contributed by atoms with Gasteiger partial charge in [0.1, 0.15) is 0 Å². The molecule has 40 heavy (non-hydrogen) atoms. The molecule has 0 radical (unpaired) electrons. The third-order valence-electron chi connectivity index (χ3n) is 8.15. The second-order valence-electron chi connectivity index (χ2n) is 10.8. The lowest BCUT2D eigenvalue weighted by molar-refractivity contribution is 0.688. The molecule has 7 rings (SSSR count). The Hall–Kier alpha value is -4.82. The van der Waals surface area contributed by atoms with Gasteiger partial charge in [0.25, 0.3) is 0 Å². The summed E-state index contributed by atoms with van der Waals surface area (Å²) >= 11 is 0. The van der Waals surface area contributed by atoms with Crippen LogP contribution >= 0.6 is 0 Å². The zero-order chi connectivity index (χ0) is 27.1. The van der Waals surface area contributed by atoms with Gasteiger partial charge in [-0.05, 0) is 90.4 Å². The molecule has 0 saturated carbocycles. The van der Waals surface area contributed by atoms with Crippen molar-refractivity contribution < 1.29 is 0 Å². The van der Waals surface area contributed by atoms with Crippen LogP contribution in [0, 0.1) is 13.8 Å². The van der Waals surface area contributed by atoms with Crippen molar-refractivity contribution in [2.45, 2.75) is 26.3 Å². The van der Waals surface area contributed by atoms with Crippen molar-refractivity contribution in [2.75, 3.05) is 10.2 Å². The normalized spacial score (nSPS) is 13.9. The highest BCUT2D eigenvalue weighted by Gasteiger charge is 2.32. The Morgan fingerprint density at radius 2 is 1.18 bits per heavy atom. The van der Waals surface area contributed by atoms with Gasteiger partial charge in [-0.3, -0.25) is 0 Å². The molecule has 1 N–H and O–H groups in total. The summed E-state index contributed by atoms with van der Waals surface area (Å²) in [6.07, 6.45) is 0.917. The summed E-state index contributed by atoms with van der Waals surface area (Å²) in [4.78, 5) is 2.52. The summed E-state index contributed by atoms with van der Waals surface area (Å²) in [7, 11) is 0. The number of aryl methyl sites for hydroxylation is 2. The van der Waals surface area contributed by atoms with Crippen LogP contribution in [0.25, 0.3) is 21.9 Å². The molecule has 1 aliphatic carbocycles. The van der Waals surface area contributed by atoms with Crippen LogP contribution in [-0.4, -0.2) is 0 Å². The van der Waals surface area contributed by atoms with E-state index < -0.39 is 0 Å². The number of hydrogen-bond acceptors (Lipinski definition) is 2. The molecule has 6 aromatic rings. The minimum absolute atomic E-state index is 0.160. The van der Waals surface area contributed by atoms with Crippen molar-refractivity contribution in [3.05, 3.63) is 156 Å². The van der Waals surface area contributed by atoms with Gasteiger partial charge < -0.3 is 10.2 Å². The van der Waals surface area contributed by atoms with E-state index in [1.807, 2.05) is 0 Å². The van der Waals surface area contributed by atoms with Crippen LogP contribution in [0.4, 0.5) is 22.7 Å². The number of nitrogens with zero attached hydrogens (tertiary/aromatic N) is 1. The minimum Gasteiger partial charge on any atom is -0.355 e. The molecular formula is C38H32N2. The molecule has 1 aliphatic rings. The average Bonchev–Trinajstić information content (AvgIpc) is 3.00. The maximum atomic E-state index is 3.74. The van der Waals surface area contributed by atoms with Crippen LogP contribution in [0.2, 0.25) is 0 Å². The van der Waals surface area contributed by atoms with Crippen LogP contribution in [0.5, 0.6) is 0 Å². The van der Waals surface area contributed by atoms with Crippen LogP contribution in [0.15, 0.2) is 133 Å². The summed E-state index contributed by atoms with van der Waals surface area (Å²) in [5, 5.41) is 6.30. The van der Waals surface area contributed by atoms with E-state index in [1.165, 1.54) is 55.5 Å². The van der Waals surface area contributed by atoms with Gasteiger partial charge in [0.05, 0.1) is 6.04 Å². The molecule has 1 atom stereocenters. The Balaban J connectivity index is 1.42. The fraction of sp³-hybridized carbons (Fsp3) is 0.105. The zero-order valence-electron chi connectivity index (χ0n) is 22.9. The molecule has 194 valence electrons. The second-order valence-corrected chi connectivity index (χ2v) is 10.8. The molecule has 2 nitrogen and oxygen atoms in total. The van der Waals surface area contributed by atoms with Crippen molar-refractivity contribution >= 4 is 33.5 Å². The fourth-order valence-electron chi connectivity index (χ4n) is 6.16. The zero-order valence-corrected chi connectivity index (χ0v) is 22.9. The Morgan fingerprint density at radius 3 is 1.93 bits per heavy atom. The number of fused-ring (bicyclic) bond motifs is 5. The minimum atomic E-state index is 0.160. The highest BCUT2D eigenvalue weighted by Crippen LogP contribution is 2.49. The average molecular weight is 517 g/mol. The SMILES string of the molecule is Cc1ccc(Nc2cc3c(c4ccccc24)CC(N(c2ccccc2)c2ccc(C)cc2)c2ccccc2-3)cc1. The first-order valence-corrected chi connectivity index (χ1v) is 14.0. The Morgan fingerprint density at radius 1 is 0.575 bits per heavy atom. The Bertz CT molecular complexity index is 1800. The highest BCUT2D eigenvalue weighted by molar-refractivity contribution is 6.03. The van der Waals surface area contributed by atoms with Crippen LogP contribution in [-0.2, 0) is 6.42 Å².